The highest BCUT2D eigenvalue weighted by atomic mass is 35.5. The monoisotopic (exact) mass is 482 g/mol. The van der Waals surface area contributed by atoms with E-state index in [0.717, 1.165) is 36.7 Å². The van der Waals surface area contributed by atoms with Gasteiger partial charge in [0.1, 0.15) is 12.4 Å². The maximum atomic E-state index is 13.9. The summed E-state index contributed by atoms with van der Waals surface area (Å²) in [4.78, 5) is 12.5. The summed E-state index contributed by atoms with van der Waals surface area (Å²) < 4.78 is 48.1. The second-order valence-electron chi connectivity index (χ2n) is 7.19. The highest BCUT2D eigenvalue weighted by Crippen LogP contribution is 2.40. The first-order chi connectivity index (χ1) is 15.3. The molecule has 0 bridgehead atoms. The van der Waals surface area contributed by atoms with E-state index in [1.165, 1.54) is 0 Å². The number of halogens is 4. The van der Waals surface area contributed by atoms with Crippen molar-refractivity contribution in [1.29, 1.82) is 0 Å². The van der Waals surface area contributed by atoms with E-state index in [4.69, 9.17) is 16.3 Å². The van der Waals surface area contributed by atoms with E-state index < -0.39 is 34.3 Å². The molecule has 0 spiro atoms. The normalized spacial score (nSPS) is 14.3. The number of nitrogens with one attached hydrogen (secondary N) is 1. The number of rotatable bonds is 8. The molecular formula is C21H18ClF3N4O2S. The number of aromatic nitrogens is 3. The summed E-state index contributed by atoms with van der Waals surface area (Å²) in [5.41, 5.74) is -0.432. The maximum absolute atomic E-state index is 13.9. The molecule has 1 aromatic heterocycles. The predicted molar refractivity (Wildman–Crippen MR) is 114 cm³/mol. The summed E-state index contributed by atoms with van der Waals surface area (Å²) >= 11 is 7.25. The third-order valence-electron chi connectivity index (χ3n) is 4.79. The Kier molecular flexibility index (Phi) is 6.61. The number of nitrogens with zero attached hydrogens (tertiary/aromatic N) is 3. The first-order valence-corrected chi connectivity index (χ1v) is 11.0. The standard InChI is InChI=1S/C21H18ClF3N4O2S/c1-11(20(30)26-15-9-8-14(23)18(24)19(15)25)32-21-28-27-17(29(21)12-6-7-12)10-31-16-5-3-2-4-13(16)22/h2-5,8-9,11-12H,6-7,10H2,1H3,(H,26,30). The molecule has 1 unspecified atom stereocenters. The number of benzene rings is 2. The molecule has 1 atom stereocenters. The minimum atomic E-state index is -1.64. The Morgan fingerprint density at radius 1 is 1.22 bits per heavy atom. The van der Waals surface area contributed by atoms with Crippen LogP contribution in [0.15, 0.2) is 41.6 Å². The molecule has 1 heterocycles. The van der Waals surface area contributed by atoms with Crippen LogP contribution in [0.3, 0.4) is 0 Å². The molecular weight excluding hydrogens is 465 g/mol. The molecule has 0 radical (unpaired) electrons. The van der Waals surface area contributed by atoms with Crippen LogP contribution in [0, 0.1) is 17.5 Å². The Hall–Kier alpha value is -2.72. The van der Waals surface area contributed by atoms with Crippen molar-refractivity contribution in [3.63, 3.8) is 0 Å². The van der Waals surface area contributed by atoms with Gasteiger partial charge in [0, 0.05) is 6.04 Å². The predicted octanol–water partition coefficient (Wildman–Crippen LogP) is 5.38. The lowest BCUT2D eigenvalue weighted by molar-refractivity contribution is -0.115. The summed E-state index contributed by atoms with van der Waals surface area (Å²) in [6.45, 7) is 1.75. The number of amides is 1. The van der Waals surface area contributed by atoms with Gasteiger partial charge in [-0.2, -0.15) is 0 Å². The van der Waals surface area contributed by atoms with Gasteiger partial charge >= 0.3 is 0 Å². The van der Waals surface area contributed by atoms with Gasteiger partial charge in [-0.05, 0) is 44.0 Å². The fourth-order valence-electron chi connectivity index (χ4n) is 2.96. The van der Waals surface area contributed by atoms with Crippen LogP contribution in [0.25, 0.3) is 0 Å². The fourth-order valence-corrected chi connectivity index (χ4v) is 4.09. The zero-order valence-corrected chi connectivity index (χ0v) is 18.4. The zero-order valence-electron chi connectivity index (χ0n) is 16.8. The van der Waals surface area contributed by atoms with Crippen molar-refractivity contribution in [3.05, 3.63) is 64.7 Å². The van der Waals surface area contributed by atoms with Crippen LogP contribution in [0.4, 0.5) is 18.9 Å². The first kappa shape index (κ1) is 22.5. The molecule has 11 heteroatoms. The van der Waals surface area contributed by atoms with Gasteiger partial charge in [0.2, 0.25) is 5.91 Å². The molecule has 1 fully saturated rings. The van der Waals surface area contributed by atoms with Crippen LogP contribution >= 0.6 is 23.4 Å². The van der Waals surface area contributed by atoms with Crippen molar-refractivity contribution < 1.29 is 22.7 Å². The molecule has 2 aromatic carbocycles. The highest BCUT2D eigenvalue weighted by Gasteiger charge is 2.31. The number of ether oxygens (including phenoxy) is 1. The van der Waals surface area contributed by atoms with Crippen LogP contribution < -0.4 is 10.1 Å². The summed E-state index contributed by atoms with van der Waals surface area (Å²) in [5.74, 6) is -3.88. The van der Waals surface area contributed by atoms with Crippen molar-refractivity contribution in [3.8, 4) is 5.75 Å². The molecule has 4 rings (SSSR count). The first-order valence-electron chi connectivity index (χ1n) is 9.77. The van der Waals surface area contributed by atoms with E-state index in [2.05, 4.69) is 15.5 Å². The van der Waals surface area contributed by atoms with Crippen molar-refractivity contribution >= 4 is 35.0 Å². The minimum absolute atomic E-state index is 0.147. The minimum Gasteiger partial charge on any atom is -0.484 e. The molecule has 0 aliphatic heterocycles. The molecule has 1 saturated carbocycles. The quantitative estimate of drug-likeness (QED) is 0.345. The van der Waals surface area contributed by atoms with Crippen LogP contribution in [-0.4, -0.2) is 25.9 Å². The molecule has 1 N–H and O–H groups in total. The van der Waals surface area contributed by atoms with E-state index >= 15 is 0 Å². The Balaban J connectivity index is 1.45. The van der Waals surface area contributed by atoms with Crippen molar-refractivity contribution in [2.24, 2.45) is 0 Å². The van der Waals surface area contributed by atoms with Crippen molar-refractivity contribution in [1.82, 2.24) is 14.8 Å². The van der Waals surface area contributed by atoms with E-state index in [1.54, 1.807) is 25.1 Å². The molecule has 3 aromatic rings. The summed E-state index contributed by atoms with van der Waals surface area (Å²) in [7, 11) is 0. The number of para-hydroxylation sites is 1. The lowest BCUT2D eigenvalue weighted by Gasteiger charge is -2.14. The Morgan fingerprint density at radius 3 is 2.69 bits per heavy atom. The topological polar surface area (TPSA) is 69.0 Å². The molecule has 0 saturated heterocycles. The van der Waals surface area contributed by atoms with Gasteiger partial charge in [0.25, 0.3) is 0 Å². The second kappa shape index (κ2) is 9.41. The summed E-state index contributed by atoms with van der Waals surface area (Å²) in [6.07, 6.45) is 1.90. The van der Waals surface area contributed by atoms with Crippen molar-refractivity contribution in [2.45, 2.75) is 42.8 Å². The summed E-state index contributed by atoms with van der Waals surface area (Å²) in [5, 5.41) is 10.9. The molecule has 1 aliphatic rings. The van der Waals surface area contributed by atoms with Gasteiger partial charge < -0.3 is 10.1 Å². The maximum Gasteiger partial charge on any atom is 0.237 e. The molecule has 6 nitrogen and oxygen atoms in total. The SMILES string of the molecule is CC(Sc1nnc(COc2ccccc2Cl)n1C1CC1)C(=O)Nc1ccc(F)c(F)c1F. The van der Waals surface area contributed by atoms with Gasteiger partial charge in [-0.25, -0.2) is 13.2 Å². The number of carbonyl (C=O) groups is 1. The van der Waals surface area contributed by atoms with E-state index in [-0.39, 0.29) is 12.6 Å². The second-order valence-corrected chi connectivity index (χ2v) is 8.91. The van der Waals surface area contributed by atoms with E-state index in [0.29, 0.717) is 21.8 Å². The van der Waals surface area contributed by atoms with Gasteiger partial charge in [-0.3, -0.25) is 9.36 Å². The zero-order chi connectivity index (χ0) is 22.8. The average Bonchev–Trinajstić information content (AvgIpc) is 3.54. The van der Waals surface area contributed by atoms with Crippen molar-refractivity contribution in [2.75, 3.05) is 5.32 Å². The van der Waals surface area contributed by atoms with Crippen LogP contribution in [0.5, 0.6) is 5.75 Å². The molecule has 168 valence electrons. The van der Waals surface area contributed by atoms with E-state index in [9.17, 15) is 18.0 Å². The summed E-state index contributed by atoms with van der Waals surface area (Å²) in [6, 6.07) is 9.01. The average molecular weight is 483 g/mol. The number of anilines is 1. The fraction of sp³-hybridized carbons (Fsp3) is 0.286. The van der Waals surface area contributed by atoms with Crippen LogP contribution in [0.2, 0.25) is 5.02 Å². The van der Waals surface area contributed by atoms with E-state index in [1.807, 2.05) is 10.6 Å². The van der Waals surface area contributed by atoms with Gasteiger partial charge in [-0.1, -0.05) is 35.5 Å². The third kappa shape index (κ3) is 4.86. The smallest absolute Gasteiger partial charge is 0.237 e. The number of hydrogen-bond donors (Lipinski definition) is 1. The molecule has 1 amide bonds. The number of hydrogen-bond acceptors (Lipinski definition) is 5. The number of carbonyl (C=O) groups excluding carboxylic acids is 1. The van der Waals surface area contributed by atoms with Gasteiger partial charge in [-0.15, -0.1) is 10.2 Å². The Labute approximate surface area is 191 Å². The lowest BCUT2D eigenvalue weighted by atomic mass is 10.2. The van der Waals surface area contributed by atoms with Gasteiger partial charge in [0.15, 0.2) is 28.4 Å². The number of thioether (sulfide) groups is 1. The molecule has 1 aliphatic carbocycles. The lowest BCUT2D eigenvalue weighted by Crippen LogP contribution is -2.24. The van der Waals surface area contributed by atoms with Gasteiger partial charge in [0.05, 0.1) is 16.0 Å². The third-order valence-corrected chi connectivity index (χ3v) is 6.15. The van der Waals surface area contributed by atoms with Crippen LogP contribution in [0.1, 0.15) is 31.6 Å². The Morgan fingerprint density at radius 2 is 1.97 bits per heavy atom. The highest BCUT2D eigenvalue weighted by molar-refractivity contribution is 8.00. The Bertz CT molecular complexity index is 1160. The molecule has 32 heavy (non-hydrogen) atoms. The largest absolute Gasteiger partial charge is 0.484 e. The van der Waals surface area contributed by atoms with Crippen LogP contribution in [-0.2, 0) is 11.4 Å².